The zero-order valence-corrected chi connectivity index (χ0v) is 11.8. The number of carbonyl (C=O) groups excluding carboxylic acids is 1. The number of hydrogen-bond acceptors (Lipinski definition) is 3. The molecule has 22 heavy (non-hydrogen) atoms. The third kappa shape index (κ3) is 2.97. The van der Waals surface area contributed by atoms with Gasteiger partial charge in [0.1, 0.15) is 6.61 Å². The Morgan fingerprint density at radius 3 is 2.45 bits per heavy atom. The highest BCUT2D eigenvalue weighted by atomic mass is 16.5. The van der Waals surface area contributed by atoms with E-state index in [1.807, 2.05) is 42.5 Å². The zero-order chi connectivity index (χ0) is 15.4. The van der Waals surface area contributed by atoms with Crippen LogP contribution in [0.5, 0.6) is 0 Å². The van der Waals surface area contributed by atoms with Gasteiger partial charge in [-0.15, -0.1) is 0 Å². The van der Waals surface area contributed by atoms with E-state index in [-0.39, 0.29) is 12.6 Å². The van der Waals surface area contributed by atoms with Gasteiger partial charge in [-0.05, 0) is 40.6 Å². The van der Waals surface area contributed by atoms with Crippen LogP contribution in [0.1, 0.15) is 21.5 Å². The minimum absolute atomic E-state index is 0.255. The van der Waals surface area contributed by atoms with Crippen LogP contribution in [0.2, 0.25) is 0 Å². The zero-order valence-electron chi connectivity index (χ0n) is 11.8. The van der Waals surface area contributed by atoms with Crippen molar-refractivity contribution in [3.63, 3.8) is 0 Å². The fraction of sp³-hybridized carbons (Fsp3) is 0.0526. The van der Waals surface area contributed by atoms with Crippen LogP contribution in [0.3, 0.4) is 0 Å². The first kappa shape index (κ1) is 13.8. The molecule has 0 saturated carbocycles. The molecule has 0 radical (unpaired) electrons. The van der Waals surface area contributed by atoms with Crippen LogP contribution in [-0.2, 0) is 11.3 Å². The van der Waals surface area contributed by atoms with Gasteiger partial charge < -0.3 is 4.74 Å². The molecule has 0 bridgehead atoms. The van der Waals surface area contributed by atoms with E-state index in [0.29, 0.717) is 11.1 Å². The molecule has 3 nitrogen and oxygen atoms in total. The van der Waals surface area contributed by atoms with Crippen molar-refractivity contribution in [2.45, 2.75) is 6.61 Å². The van der Waals surface area contributed by atoms with E-state index in [1.54, 1.807) is 24.3 Å². The van der Waals surface area contributed by atoms with E-state index >= 15 is 0 Å². The molecule has 3 heteroatoms. The summed E-state index contributed by atoms with van der Waals surface area (Å²) in [4.78, 5) is 12.1. The van der Waals surface area contributed by atoms with Gasteiger partial charge in [0.15, 0.2) is 0 Å². The standard InChI is InChI=1S/C19H13NO2/c20-12-15-6-7-17-11-18(9-8-16(17)10-15)19(21)22-13-14-4-2-1-3-5-14/h1-11H,13H2. The summed E-state index contributed by atoms with van der Waals surface area (Å²) in [6.07, 6.45) is 0. The molecule has 0 aliphatic rings. The van der Waals surface area contributed by atoms with E-state index in [2.05, 4.69) is 6.07 Å². The van der Waals surface area contributed by atoms with Crippen LogP contribution in [0.25, 0.3) is 10.8 Å². The lowest BCUT2D eigenvalue weighted by Gasteiger charge is -2.06. The third-order valence-electron chi connectivity index (χ3n) is 3.42. The van der Waals surface area contributed by atoms with E-state index in [9.17, 15) is 4.79 Å². The lowest BCUT2D eigenvalue weighted by Crippen LogP contribution is -2.05. The van der Waals surface area contributed by atoms with Gasteiger partial charge in [0.05, 0.1) is 17.2 Å². The largest absolute Gasteiger partial charge is 0.457 e. The molecular weight excluding hydrogens is 274 g/mol. The predicted molar refractivity (Wildman–Crippen MR) is 84.2 cm³/mol. The number of fused-ring (bicyclic) bond motifs is 1. The van der Waals surface area contributed by atoms with Gasteiger partial charge in [-0.1, -0.05) is 42.5 Å². The Morgan fingerprint density at radius 2 is 1.68 bits per heavy atom. The average Bonchev–Trinajstić information content (AvgIpc) is 2.59. The maximum Gasteiger partial charge on any atom is 0.338 e. The smallest absolute Gasteiger partial charge is 0.338 e. The summed E-state index contributed by atoms with van der Waals surface area (Å²) in [5, 5.41) is 10.7. The Bertz CT molecular complexity index is 863. The maximum atomic E-state index is 12.1. The molecule has 3 aromatic carbocycles. The Balaban J connectivity index is 1.78. The molecule has 0 aromatic heterocycles. The summed E-state index contributed by atoms with van der Waals surface area (Å²) in [6, 6.07) is 22.4. The lowest BCUT2D eigenvalue weighted by atomic mass is 10.0. The topological polar surface area (TPSA) is 50.1 Å². The van der Waals surface area contributed by atoms with Crippen molar-refractivity contribution in [1.29, 1.82) is 5.26 Å². The van der Waals surface area contributed by atoms with E-state index in [0.717, 1.165) is 16.3 Å². The second-order valence-corrected chi connectivity index (χ2v) is 4.95. The molecule has 0 heterocycles. The molecule has 3 aromatic rings. The summed E-state index contributed by atoms with van der Waals surface area (Å²) in [5.74, 6) is -0.352. The molecule has 0 amide bonds. The second kappa shape index (κ2) is 6.11. The highest BCUT2D eigenvalue weighted by molar-refractivity contribution is 5.95. The molecule has 0 saturated heterocycles. The van der Waals surface area contributed by atoms with Gasteiger partial charge in [-0.3, -0.25) is 0 Å². The van der Waals surface area contributed by atoms with Gasteiger partial charge >= 0.3 is 5.97 Å². The monoisotopic (exact) mass is 287 g/mol. The SMILES string of the molecule is N#Cc1ccc2cc(C(=O)OCc3ccccc3)ccc2c1. The normalized spacial score (nSPS) is 10.1. The van der Waals surface area contributed by atoms with Crippen LogP contribution in [0.4, 0.5) is 0 Å². The van der Waals surface area contributed by atoms with Gasteiger partial charge in [0.25, 0.3) is 0 Å². The Labute approximate surface area is 128 Å². The van der Waals surface area contributed by atoms with Gasteiger partial charge in [0, 0.05) is 0 Å². The minimum Gasteiger partial charge on any atom is -0.457 e. The van der Waals surface area contributed by atoms with Crippen molar-refractivity contribution in [2.75, 3.05) is 0 Å². The first-order valence-electron chi connectivity index (χ1n) is 6.91. The van der Waals surface area contributed by atoms with Crippen molar-refractivity contribution < 1.29 is 9.53 Å². The number of nitrogens with zero attached hydrogens (tertiary/aromatic N) is 1. The summed E-state index contributed by atoms with van der Waals surface area (Å²) in [5.41, 5.74) is 2.07. The molecule has 106 valence electrons. The number of carbonyl (C=O) groups is 1. The summed E-state index contributed by atoms with van der Waals surface area (Å²) >= 11 is 0. The van der Waals surface area contributed by atoms with Crippen LogP contribution >= 0.6 is 0 Å². The minimum atomic E-state index is -0.352. The highest BCUT2D eigenvalue weighted by Gasteiger charge is 2.08. The average molecular weight is 287 g/mol. The Morgan fingerprint density at radius 1 is 0.955 bits per heavy atom. The van der Waals surface area contributed by atoms with Crippen molar-refractivity contribution in [2.24, 2.45) is 0 Å². The second-order valence-electron chi connectivity index (χ2n) is 4.95. The number of esters is 1. The maximum absolute atomic E-state index is 12.1. The Hall–Kier alpha value is -3.12. The van der Waals surface area contributed by atoms with E-state index < -0.39 is 0 Å². The van der Waals surface area contributed by atoms with Crippen molar-refractivity contribution >= 4 is 16.7 Å². The molecule has 0 fully saturated rings. The van der Waals surface area contributed by atoms with Crippen LogP contribution in [0.15, 0.2) is 66.7 Å². The highest BCUT2D eigenvalue weighted by Crippen LogP contribution is 2.18. The van der Waals surface area contributed by atoms with E-state index in [1.165, 1.54) is 0 Å². The molecule has 0 atom stereocenters. The third-order valence-corrected chi connectivity index (χ3v) is 3.42. The lowest BCUT2D eigenvalue weighted by molar-refractivity contribution is 0.0473. The van der Waals surface area contributed by atoms with E-state index in [4.69, 9.17) is 10.00 Å². The van der Waals surface area contributed by atoms with Crippen molar-refractivity contribution in [3.8, 4) is 6.07 Å². The first-order valence-corrected chi connectivity index (χ1v) is 6.91. The Kier molecular flexibility index (Phi) is 3.84. The molecule has 0 N–H and O–H groups in total. The van der Waals surface area contributed by atoms with Crippen LogP contribution in [0, 0.1) is 11.3 Å². The molecule has 3 rings (SSSR count). The molecule has 0 aliphatic carbocycles. The number of hydrogen-bond donors (Lipinski definition) is 0. The van der Waals surface area contributed by atoms with Crippen molar-refractivity contribution in [1.82, 2.24) is 0 Å². The predicted octanol–water partition coefficient (Wildman–Crippen LogP) is 4.07. The van der Waals surface area contributed by atoms with Crippen LogP contribution < -0.4 is 0 Å². The quantitative estimate of drug-likeness (QED) is 0.682. The molecule has 0 unspecified atom stereocenters. The fourth-order valence-corrected chi connectivity index (χ4v) is 2.25. The van der Waals surface area contributed by atoms with Crippen molar-refractivity contribution in [3.05, 3.63) is 83.4 Å². The van der Waals surface area contributed by atoms with Gasteiger partial charge in [-0.2, -0.15) is 5.26 Å². The number of rotatable bonds is 3. The van der Waals surface area contributed by atoms with Crippen LogP contribution in [-0.4, -0.2) is 5.97 Å². The fourth-order valence-electron chi connectivity index (χ4n) is 2.25. The van der Waals surface area contributed by atoms with Gasteiger partial charge in [0.2, 0.25) is 0 Å². The number of nitriles is 1. The summed E-state index contributed by atoms with van der Waals surface area (Å²) in [6.45, 7) is 0.255. The number of ether oxygens (including phenoxy) is 1. The molecular formula is C19H13NO2. The summed E-state index contributed by atoms with van der Waals surface area (Å²) < 4.78 is 5.32. The molecule has 0 spiro atoms. The molecule has 0 aliphatic heterocycles. The first-order chi connectivity index (χ1) is 10.8. The van der Waals surface area contributed by atoms with Gasteiger partial charge in [-0.25, -0.2) is 4.79 Å². The summed E-state index contributed by atoms with van der Waals surface area (Å²) in [7, 11) is 0. The number of benzene rings is 3.